The smallest absolute Gasteiger partial charge is 0.349 e. The maximum atomic E-state index is 13.2. The zero-order valence-corrected chi connectivity index (χ0v) is 22.0. The maximum absolute atomic E-state index is 13.2. The maximum Gasteiger partial charge on any atom is 0.349 e. The molecule has 9 heteroatoms. The summed E-state index contributed by atoms with van der Waals surface area (Å²) in [6.45, 7) is -0.0632. The lowest BCUT2D eigenvalue weighted by molar-refractivity contribution is -0.136. The summed E-state index contributed by atoms with van der Waals surface area (Å²) in [5.74, 6) is 0.798. The van der Waals surface area contributed by atoms with Crippen molar-refractivity contribution in [3.05, 3.63) is 125 Å². The average Bonchev–Trinajstić information content (AvgIpc) is 2.99. The number of benzene rings is 4. The summed E-state index contributed by atoms with van der Waals surface area (Å²) in [6.07, 6.45) is 0. The van der Waals surface area contributed by atoms with E-state index in [4.69, 9.17) is 29.4 Å². The van der Waals surface area contributed by atoms with Crippen molar-refractivity contribution in [1.82, 2.24) is 0 Å². The van der Waals surface area contributed by atoms with Crippen LogP contribution in [-0.2, 0) is 11.4 Å². The van der Waals surface area contributed by atoms with Crippen LogP contribution in [0.15, 0.2) is 102 Å². The molecule has 1 aliphatic rings. The second-order valence-corrected chi connectivity index (χ2v) is 9.05. The molecule has 1 aliphatic heterocycles. The van der Waals surface area contributed by atoms with Crippen LogP contribution in [0.3, 0.4) is 0 Å². The molecule has 0 fully saturated rings. The summed E-state index contributed by atoms with van der Waals surface area (Å²) in [5, 5.41) is 9.90. The van der Waals surface area contributed by atoms with E-state index in [1.807, 2.05) is 18.2 Å². The van der Waals surface area contributed by atoms with E-state index < -0.39 is 11.9 Å². The minimum atomic E-state index is -0.611. The Morgan fingerprint density at radius 2 is 1.66 bits per heavy atom. The number of esters is 1. The Bertz CT molecular complexity index is 1630. The van der Waals surface area contributed by atoms with Gasteiger partial charge in [-0.1, -0.05) is 30.3 Å². The van der Waals surface area contributed by atoms with Gasteiger partial charge in [0.2, 0.25) is 5.88 Å². The first-order valence-corrected chi connectivity index (χ1v) is 12.6. The molecule has 0 saturated heterocycles. The van der Waals surface area contributed by atoms with Crippen LogP contribution in [0, 0.1) is 17.1 Å². The Morgan fingerprint density at radius 1 is 0.927 bits per heavy atom. The van der Waals surface area contributed by atoms with Gasteiger partial charge in [-0.15, -0.1) is 0 Å². The largest absolute Gasteiger partial charge is 0.497 e. The molecule has 0 spiro atoms. The highest BCUT2D eigenvalue weighted by Crippen LogP contribution is 2.44. The average molecular weight is 553 g/mol. The number of hydrogen-bond donors (Lipinski definition) is 1. The second-order valence-electron chi connectivity index (χ2n) is 9.05. The van der Waals surface area contributed by atoms with Crippen LogP contribution in [0.25, 0.3) is 0 Å². The fourth-order valence-electron chi connectivity index (χ4n) is 4.35. The molecule has 1 unspecified atom stereocenters. The first kappa shape index (κ1) is 27.1. The summed E-state index contributed by atoms with van der Waals surface area (Å²) >= 11 is 0. The van der Waals surface area contributed by atoms with Crippen LogP contribution in [0.4, 0.5) is 4.39 Å². The molecule has 0 aliphatic carbocycles. The molecule has 0 radical (unpaired) electrons. The van der Waals surface area contributed by atoms with Crippen molar-refractivity contribution in [2.24, 2.45) is 5.73 Å². The van der Waals surface area contributed by atoms with Gasteiger partial charge in [-0.05, 0) is 65.7 Å². The number of carbonyl (C=O) groups excluding carboxylic acids is 1. The molecule has 41 heavy (non-hydrogen) atoms. The van der Waals surface area contributed by atoms with Gasteiger partial charge in [0.25, 0.3) is 0 Å². The van der Waals surface area contributed by atoms with E-state index in [1.165, 1.54) is 12.1 Å². The number of methoxy groups -OCH3 is 1. The molecule has 8 nitrogen and oxygen atoms in total. The number of nitrogens with zero attached hydrogens (tertiary/aromatic N) is 1. The number of hydrogen-bond acceptors (Lipinski definition) is 8. The summed E-state index contributed by atoms with van der Waals surface area (Å²) in [5.41, 5.74) is 8.61. The lowest BCUT2D eigenvalue weighted by Crippen LogP contribution is -2.21. The van der Waals surface area contributed by atoms with E-state index in [0.717, 1.165) is 11.1 Å². The monoisotopic (exact) mass is 552 g/mol. The molecule has 4 aromatic rings. The van der Waals surface area contributed by atoms with E-state index in [-0.39, 0.29) is 36.2 Å². The Hall–Kier alpha value is -5.49. The lowest BCUT2D eigenvalue weighted by Gasteiger charge is -2.27. The molecule has 0 amide bonds. The van der Waals surface area contributed by atoms with E-state index in [2.05, 4.69) is 6.07 Å². The minimum Gasteiger partial charge on any atom is -0.497 e. The Labute approximate surface area is 235 Å². The fraction of sp³-hybridized carbons (Fsp3) is 0.125. The van der Waals surface area contributed by atoms with Gasteiger partial charge in [-0.2, -0.15) is 5.26 Å². The second kappa shape index (κ2) is 12.1. The molecule has 1 heterocycles. The number of allylic oxidation sites excluding steroid dienone is 1. The predicted octanol–water partition coefficient (Wildman–Crippen LogP) is 5.62. The highest BCUT2D eigenvalue weighted by Gasteiger charge is 2.31. The third-order valence-electron chi connectivity index (χ3n) is 6.35. The van der Waals surface area contributed by atoms with Crippen molar-refractivity contribution < 1.29 is 32.9 Å². The third-order valence-corrected chi connectivity index (χ3v) is 6.35. The zero-order chi connectivity index (χ0) is 28.8. The molecule has 206 valence electrons. The molecular weight excluding hydrogens is 527 g/mol. The summed E-state index contributed by atoms with van der Waals surface area (Å²) in [7, 11) is 1.56. The molecule has 2 N–H and O–H groups in total. The number of halogens is 1. The van der Waals surface area contributed by atoms with Crippen molar-refractivity contribution in [3.8, 4) is 34.8 Å². The van der Waals surface area contributed by atoms with Gasteiger partial charge in [0.05, 0.1) is 13.0 Å². The van der Waals surface area contributed by atoms with Crippen LogP contribution in [0.5, 0.6) is 28.7 Å². The standard InChI is InChI=1S/C32H25FN2O6/c1-37-23-9-11-24(12-10-23)39-19-30(36)40-26-13-14-27-29(16-26)41-32(35)28(17-34)31(27)21-3-2-4-25(15-21)38-18-20-5-7-22(33)8-6-20/h2-16,31H,18-19,35H2,1H3. The molecule has 0 aromatic heterocycles. The van der Waals surface area contributed by atoms with Crippen LogP contribution >= 0.6 is 0 Å². The van der Waals surface area contributed by atoms with Gasteiger partial charge in [0, 0.05) is 11.6 Å². The quantitative estimate of drug-likeness (QED) is 0.210. The SMILES string of the molecule is COc1ccc(OCC(=O)Oc2ccc3c(c2)OC(N)=C(C#N)C3c2cccc(OCc3ccc(F)cc3)c2)cc1. The Morgan fingerprint density at radius 3 is 2.39 bits per heavy atom. The van der Waals surface area contributed by atoms with E-state index in [0.29, 0.717) is 28.6 Å². The molecule has 0 saturated carbocycles. The van der Waals surface area contributed by atoms with Crippen molar-refractivity contribution in [3.63, 3.8) is 0 Å². The number of carbonyl (C=O) groups is 1. The topological polar surface area (TPSA) is 113 Å². The van der Waals surface area contributed by atoms with Crippen LogP contribution in [0.1, 0.15) is 22.6 Å². The molecule has 0 bridgehead atoms. The van der Waals surface area contributed by atoms with Gasteiger partial charge >= 0.3 is 5.97 Å². The first-order valence-electron chi connectivity index (χ1n) is 12.6. The number of rotatable bonds is 9. The number of nitrogens with two attached hydrogens (primary N) is 1. The van der Waals surface area contributed by atoms with E-state index >= 15 is 0 Å². The van der Waals surface area contributed by atoms with Gasteiger partial charge in [0.1, 0.15) is 52.8 Å². The molecular formula is C32H25FN2O6. The summed E-state index contributed by atoms with van der Waals surface area (Å²) < 4.78 is 40.9. The summed E-state index contributed by atoms with van der Waals surface area (Å²) in [6, 6.07) is 27.2. The molecule has 4 aromatic carbocycles. The van der Waals surface area contributed by atoms with Crippen LogP contribution in [-0.4, -0.2) is 19.7 Å². The van der Waals surface area contributed by atoms with Crippen molar-refractivity contribution in [2.45, 2.75) is 12.5 Å². The molecule has 5 rings (SSSR count). The number of nitriles is 1. The molecule has 1 atom stereocenters. The normalized spacial score (nSPS) is 13.8. The number of fused-ring (bicyclic) bond motifs is 1. The highest BCUT2D eigenvalue weighted by molar-refractivity contribution is 5.74. The zero-order valence-electron chi connectivity index (χ0n) is 22.0. The lowest BCUT2D eigenvalue weighted by atomic mass is 9.83. The van der Waals surface area contributed by atoms with Crippen molar-refractivity contribution >= 4 is 5.97 Å². The van der Waals surface area contributed by atoms with Gasteiger partial charge < -0.3 is 29.4 Å². The van der Waals surface area contributed by atoms with Gasteiger partial charge in [-0.3, -0.25) is 0 Å². The van der Waals surface area contributed by atoms with Crippen molar-refractivity contribution in [2.75, 3.05) is 13.7 Å². The van der Waals surface area contributed by atoms with Gasteiger partial charge in [-0.25, -0.2) is 9.18 Å². The van der Waals surface area contributed by atoms with Crippen molar-refractivity contribution in [1.29, 1.82) is 5.26 Å². The number of ether oxygens (including phenoxy) is 5. The van der Waals surface area contributed by atoms with E-state index in [9.17, 15) is 14.4 Å². The first-order chi connectivity index (χ1) is 19.9. The fourth-order valence-corrected chi connectivity index (χ4v) is 4.35. The Kier molecular flexibility index (Phi) is 8.02. The minimum absolute atomic E-state index is 0.0473. The van der Waals surface area contributed by atoms with Crippen LogP contribution in [0.2, 0.25) is 0 Å². The highest BCUT2D eigenvalue weighted by atomic mass is 19.1. The van der Waals surface area contributed by atoms with E-state index in [1.54, 1.807) is 67.8 Å². The predicted molar refractivity (Wildman–Crippen MR) is 147 cm³/mol. The summed E-state index contributed by atoms with van der Waals surface area (Å²) in [4.78, 5) is 12.4. The van der Waals surface area contributed by atoms with Crippen LogP contribution < -0.4 is 29.4 Å². The Balaban J connectivity index is 1.31. The third kappa shape index (κ3) is 6.40. The van der Waals surface area contributed by atoms with Gasteiger partial charge in [0.15, 0.2) is 6.61 Å².